The number of pyridine rings is 1. The number of anilines is 1. The maximum atomic E-state index is 12.6. The third-order valence-corrected chi connectivity index (χ3v) is 3.66. The Kier molecular flexibility index (Phi) is 7.96. The first-order valence-corrected chi connectivity index (χ1v) is 9.05. The molecule has 10 nitrogen and oxygen atoms in total. The number of likely N-dealkylation sites (N-methyl/N-ethyl adjacent to an activating group) is 1. The predicted molar refractivity (Wildman–Crippen MR) is 107 cm³/mol. The summed E-state index contributed by atoms with van der Waals surface area (Å²) in [4.78, 5) is 53.9. The molecule has 0 aromatic carbocycles. The molecule has 3 N–H and O–H groups in total. The molecule has 0 fully saturated rings. The predicted octanol–water partition coefficient (Wildman–Crippen LogP) is 1.16. The fraction of sp³-hybridized carbons (Fsp3) is 0.500. The van der Waals surface area contributed by atoms with Gasteiger partial charge in [0.25, 0.3) is 0 Å². The van der Waals surface area contributed by atoms with E-state index in [1.165, 1.54) is 44.2 Å². The topological polar surface area (TPSA) is 130 Å². The lowest BCUT2D eigenvalue weighted by Gasteiger charge is -2.33. The number of aromatic nitrogens is 1. The van der Waals surface area contributed by atoms with Gasteiger partial charge >= 0.3 is 17.9 Å². The molecule has 0 aliphatic carbocycles. The maximum Gasteiger partial charge on any atom is 0.408 e. The van der Waals surface area contributed by atoms with Crippen LogP contribution in [0.25, 0.3) is 0 Å². The molecule has 1 aromatic heterocycles. The molecular formula is C18H26ClN5O5. The number of amides is 4. The zero-order valence-corrected chi connectivity index (χ0v) is 18.0. The van der Waals surface area contributed by atoms with Crippen molar-refractivity contribution in [3.05, 3.63) is 23.4 Å². The van der Waals surface area contributed by atoms with Crippen molar-refractivity contribution in [3.63, 3.8) is 0 Å². The molecule has 4 amide bonds. The quantitative estimate of drug-likeness (QED) is 0.604. The molecule has 1 heterocycles. The maximum absolute atomic E-state index is 12.6. The summed E-state index contributed by atoms with van der Waals surface area (Å²) in [6.07, 6.45) is 0.478. The Hall–Kier alpha value is -2.88. The average molecular weight is 428 g/mol. The van der Waals surface area contributed by atoms with E-state index in [0.717, 1.165) is 0 Å². The summed E-state index contributed by atoms with van der Waals surface area (Å²) in [6, 6.07) is 2.93. The van der Waals surface area contributed by atoms with Crippen LogP contribution in [-0.2, 0) is 19.1 Å². The van der Waals surface area contributed by atoms with Crippen LogP contribution in [-0.4, -0.2) is 65.5 Å². The van der Waals surface area contributed by atoms with Crippen LogP contribution < -0.4 is 16.0 Å². The van der Waals surface area contributed by atoms with Crippen molar-refractivity contribution in [1.82, 2.24) is 20.5 Å². The van der Waals surface area contributed by atoms with Crippen LogP contribution in [0.5, 0.6) is 0 Å². The van der Waals surface area contributed by atoms with E-state index in [2.05, 4.69) is 20.9 Å². The summed E-state index contributed by atoms with van der Waals surface area (Å²) < 4.78 is 5.17. The Balaban J connectivity index is 2.81. The first-order chi connectivity index (χ1) is 13.2. The van der Waals surface area contributed by atoms with Crippen molar-refractivity contribution in [2.24, 2.45) is 0 Å². The molecule has 29 heavy (non-hydrogen) atoms. The summed E-state index contributed by atoms with van der Waals surface area (Å²) in [5, 5.41) is 7.47. The number of hydrogen-bond acceptors (Lipinski definition) is 6. The monoisotopic (exact) mass is 427 g/mol. The number of ether oxygens (including phenoxy) is 1. The van der Waals surface area contributed by atoms with Crippen molar-refractivity contribution < 1.29 is 23.9 Å². The first-order valence-electron chi connectivity index (χ1n) is 8.67. The molecule has 0 saturated carbocycles. The average Bonchev–Trinajstić information content (AvgIpc) is 2.59. The number of halogens is 1. The van der Waals surface area contributed by atoms with Gasteiger partial charge in [-0.1, -0.05) is 11.6 Å². The number of alkyl carbamates (subject to hydrolysis) is 1. The smallest absolute Gasteiger partial charge is 0.408 e. The van der Waals surface area contributed by atoms with E-state index in [4.69, 9.17) is 16.3 Å². The molecule has 0 bridgehead atoms. The summed E-state index contributed by atoms with van der Waals surface area (Å²) >= 11 is 5.71. The molecule has 0 aliphatic heterocycles. The van der Waals surface area contributed by atoms with Gasteiger partial charge in [0.05, 0.1) is 11.6 Å². The van der Waals surface area contributed by atoms with E-state index in [1.807, 2.05) is 0 Å². The van der Waals surface area contributed by atoms with Gasteiger partial charge in [-0.25, -0.2) is 9.78 Å². The van der Waals surface area contributed by atoms with Crippen LogP contribution in [0, 0.1) is 0 Å². The van der Waals surface area contributed by atoms with Crippen LogP contribution in [0.15, 0.2) is 18.3 Å². The minimum Gasteiger partial charge on any atom is -0.444 e. The highest BCUT2D eigenvalue weighted by atomic mass is 35.5. The second kappa shape index (κ2) is 9.55. The van der Waals surface area contributed by atoms with Crippen LogP contribution in [0.2, 0.25) is 5.02 Å². The first kappa shape index (κ1) is 24.2. The lowest BCUT2D eigenvalue weighted by molar-refractivity contribution is -0.138. The van der Waals surface area contributed by atoms with Crippen LogP contribution >= 0.6 is 11.6 Å². The van der Waals surface area contributed by atoms with Gasteiger partial charge in [-0.05, 0) is 39.8 Å². The van der Waals surface area contributed by atoms with Gasteiger partial charge in [-0.3, -0.25) is 14.4 Å². The molecule has 0 radical (unpaired) electrons. The third-order valence-electron chi connectivity index (χ3n) is 3.43. The number of hydrogen-bond donors (Lipinski definition) is 3. The highest BCUT2D eigenvalue weighted by molar-refractivity contribution is 6.39. The van der Waals surface area contributed by atoms with Gasteiger partial charge in [0.1, 0.15) is 17.0 Å². The molecule has 160 valence electrons. The number of nitrogens with one attached hydrogen (secondary N) is 3. The lowest BCUT2D eigenvalue weighted by atomic mass is 10.0. The van der Waals surface area contributed by atoms with Gasteiger partial charge in [-0.2, -0.15) is 0 Å². The molecule has 0 aliphatic rings. The second-order valence-electron chi connectivity index (χ2n) is 7.66. The van der Waals surface area contributed by atoms with Crippen LogP contribution in [0.1, 0.15) is 27.7 Å². The van der Waals surface area contributed by atoms with E-state index in [9.17, 15) is 19.2 Å². The van der Waals surface area contributed by atoms with E-state index in [1.54, 1.807) is 20.8 Å². The number of carbonyl (C=O) groups is 4. The molecule has 0 saturated heterocycles. The number of carbonyl (C=O) groups excluding carboxylic acids is 4. The highest BCUT2D eigenvalue weighted by Crippen LogP contribution is 2.12. The highest BCUT2D eigenvalue weighted by Gasteiger charge is 2.38. The fourth-order valence-corrected chi connectivity index (χ4v) is 2.27. The van der Waals surface area contributed by atoms with Crippen molar-refractivity contribution >= 4 is 41.2 Å². The van der Waals surface area contributed by atoms with Crippen molar-refractivity contribution in [1.29, 1.82) is 0 Å². The minimum atomic E-state index is -1.54. The van der Waals surface area contributed by atoms with Gasteiger partial charge in [0.15, 0.2) is 0 Å². The largest absolute Gasteiger partial charge is 0.444 e. The van der Waals surface area contributed by atoms with E-state index in [0.29, 0.717) is 5.02 Å². The Morgan fingerprint density at radius 3 is 2.21 bits per heavy atom. The summed E-state index contributed by atoms with van der Waals surface area (Å²) in [5.74, 6) is -2.36. The molecule has 11 heteroatoms. The van der Waals surface area contributed by atoms with E-state index >= 15 is 0 Å². The minimum absolute atomic E-state index is 0.133. The van der Waals surface area contributed by atoms with Gasteiger partial charge in [0.2, 0.25) is 5.91 Å². The van der Waals surface area contributed by atoms with E-state index in [-0.39, 0.29) is 12.4 Å². The standard InChI is InChI=1S/C18H26ClN5O5/c1-17(2,3)29-16(28)23-18(4,15(27)24(5)6)10-21-13(25)14(26)22-12-8-7-11(19)9-20-12/h7-9H,10H2,1-6H3,(H,21,25)(H,23,28)(H,20,22,26)/t18-/m0/s1. The van der Waals surface area contributed by atoms with Crippen LogP contribution in [0.3, 0.4) is 0 Å². The normalized spacial score (nSPS) is 12.9. The molecule has 1 atom stereocenters. The molecule has 0 spiro atoms. The van der Waals surface area contributed by atoms with Gasteiger partial charge < -0.3 is 25.6 Å². The van der Waals surface area contributed by atoms with Crippen molar-refractivity contribution in [3.8, 4) is 0 Å². The zero-order chi connectivity index (χ0) is 22.4. The summed E-state index contributed by atoms with van der Waals surface area (Å²) in [5.41, 5.74) is -2.32. The zero-order valence-electron chi connectivity index (χ0n) is 17.3. The molecule has 1 rings (SSSR count). The number of nitrogens with zero attached hydrogens (tertiary/aromatic N) is 2. The SMILES string of the molecule is CN(C)C(=O)[C@](C)(CNC(=O)C(=O)Nc1ccc(Cl)cn1)NC(=O)OC(C)(C)C. The third kappa shape index (κ3) is 7.94. The molecular weight excluding hydrogens is 402 g/mol. The van der Waals surface area contributed by atoms with Crippen LogP contribution in [0.4, 0.5) is 10.6 Å². The fourth-order valence-electron chi connectivity index (χ4n) is 2.16. The Morgan fingerprint density at radius 2 is 1.72 bits per heavy atom. The van der Waals surface area contributed by atoms with Gasteiger partial charge in [-0.15, -0.1) is 0 Å². The van der Waals surface area contributed by atoms with Crippen molar-refractivity contribution in [2.45, 2.75) is 38.8 Å². The van der Waals surface area contributed by atoms with Crippen molar-refractivity contribution in [2.75, 3.05) is 26.0 Å². The summed E-state index contributed by atoms with van der Waals surface area (Å²) in [6.45, 7) is 6.10. The Labute approximate surface area is 174 Å². The molecule has 0 unspecified atom stereocenters. The lowest BCUT2D eigenvalue weighted by Crippen LogP contribution is -2.63. The van der Waals surface area contributed by atoms with E-state index < -0.39 is 35.0 Å². The molecule has 1 aromatic rings. The Morgan fingerprint density at radius 1 is 1.10 bits per heavy atom. The second-order valence-corrected chi connectivity index (χ2v) is 8.09. The summed E-state index contributed by atoms with van der Waals surface area (Å²) in [7, 11) is 3.00. The number of rotatable bonds is 5. The Bertz CT molecular complexity index is 776. The van der Waals surface area contributed by atoms with Gasteiger partial charge in [0, 0.05) is 20.3 Å².